The number of aryl methyl sites for hydroxylation is 1. The summed E-state index contributed by atoms with van der Waals surface area (Å²) >= 11 is 0. The number of rotatable bonds is 3. The lowest BCUT2D eigenvalue weighted by Gasteiger charge is -2.43. The molecule has 3 atom stereocenters. The van der Waals surface area contributed by atoms with Gasteiger partial charge in [-0.1, -0.05) is 20.8 Å². The second kappa shape index (κ2) is 4.31. The second-order valence-electron chi connectivity index (χ2n) is 7.53. The molecule has 2 nitrogen and oxygen atoms in total. The van der Waals surface area contributed by atoms with E-state index in [1.54, 1.807) is 0 Å². The Hall–Kier alpha value is -0.890. The third kappa shape index (κ3) is 2.01. The molecule has 2 saturated carbocycles. The Bertz CT molecular complexity index is 475. The van der Waals surface area contributed by atoms with Crippen molar-refractivity contribution in [2.75, 3.05) is 0 Å². The summed E-state index contributed by atoms with van der Waals surface area (Å²) in [6, 6.07) is 2.79. The number of nitrogens with one attached hydrogen (secondary N) is 1. The van der Waals surface area contributed by atoms with Crippen LogP contribution in [0.5, 0.6) is 0 Å². The van der Waals surface area contributed by atoms with E-state index in [-0.39, 0.29) is 0 Å². The third-order valence-corrected chi connectivity index (χ3v) is 5.90. The monoisotopic (exact) mass is 258 g/mol. The van der Waals surface area contributed by atoms with Gasteiger partial charge >= 0.3 is 0 Å². The van der Waals surface area contributed by atoms with Gasteiger partial charge in [-0.25, -0.2) is 0 Å². The van der Waals surface area contributed by atoms with Crippen LogP contribution in [0, 0.1) is 23.7 Å². The zero-order valence-corrected chi connectivity index (χ0v) is 12.7. The Morgan fingerprint density at radius 2 is 2.16 bits per heavy atom. The summed E-state index contributed by atoms with van der Waals surface area (Å²) in [5.41, 5.74) is 3.63. The summed E-state index contributed by atoms with van der Waals surface area (Å²) in [5, 5.41) is 3.87. The molecular formula is C17H26N2. The number of hydrogen-bond acceptors (Lipinski definition) is 2. The SMILES string of the molecule is Cc1cnccc1CNC1C(C)(C)[C@H]2CC[C@]1(C)C2. The van der Waals surface area contributed by atoms with E-state index in [9.17, 15) is 0 Å². The molecule has 0 radical (unpaired) electrons. The molecule has 1 aromatic heterocycles. The summed E-state index contributed by atoms with van der Waals surface area (Å²) < 4.78 is 0. The van der Waals surface area contributed by atoms with E-state index < -0.39 is 0 Å². The molecule has 0 aliphatic heterocycles. The van der Waals surface area contributed by atoms with Gasteiger partial charge in [0.15, 0.2) is 0 Å². The molecule has 1 aromatic rings. The van der Waals surface area contributed by atoms with Gasteiger partial charge in [-0.3, -0.25) is 4.98 Å². The Morgan fingerprint density at radius 3 is 2.79 bits per heavy atom. The van der Waals surface area contributed by atoms with E-state index in [0.29, 0.717) is 16.9 Å². The molecule has 0 aromatic carbocycles. The molecule has 1 heterocycles. The molecule has 2 fully saturated rings. The first-order chi connectivity index (χ1) is 8.93. The quantitative estimate of drug-likeness (QED) is 0.894. The Labute approximate surface area is 117 Å². The fraction of sp³-hybridized carbons (Fsp3) is 0.706. The van der Waals surface area contributed by atoms with Crippen LogP contribution in [0.2, 0.25) is 0 Å². The molecule has 0 amide bonds. The van der Waals surface area contributed by atoms with Gasteiger partial charge in [0.2, 0.25) is 0 Å². The highest BCUT2D eigenvalue weighted by atomic mass is 15.0. The van der Waals surface area contributed by atoms with E-state index >= 15 is 0 Å². The van der Waals surface area contributed by atoms with Gasteiger partial charge in [-0.05, 0) is 60.1 Å². The Balaban J connectivity index is 1.75. The van der Waals surface area contributed by atoms with Crippen LogP contribution in [0.25, 0.3) is 0 Å². The molecule has 0 spiro atoms. The molecule has 104 valence electrons. The van der Waals surface area contributed by atoms with Gasteiger partial charge in [-0.15, -0.1) is 0 Å². The molecule has 1 N–H and O–H groups in total. The highest BCUT2D eigenvalue weighted by Crippen LogP contribution is 2.62. The van der Waals surface area contributed by atoms with Crippen LogP contribution in [-0.4, -0.2) is 11.0 Å². The van der Waals surface area contributed by atoms with Crippen molar-refractivity contribution in [3.8, 4) is 0 Å². The van der Waals surface area contributed by atoms with Gasteiger partial charge < -0.3 is 5.32 Å². The molecule has 3 rings (SSSR count). The van der Waals surface area contributed by atoms with Gasteiger partial charge in [0.1, 0.15) is 0 Å². The maximum absolute atomic E-state index is 4.18. The predicted octanol–water partition coefficient (Wildman–Crippen LogP) is 3.69. The molecule has 19 heavy (non-hydrogen) atoms. The van der Waals surface area contributed by atoms with Crippen LogP contribution in [0.15, 0.2) is 18.5 Å². The first-order valence-corrected chi connectivity index (χ1v) is 7.56. The van der Waals surface area contributed by atoms with Crippen molar-refractivity contribution < 1.29 is 0 Å². The highest BCUT2D eigenvalue weighted by Gasteiger charge is 2.58. The van der Waals surface area contributed by atoms with Gasteiger partial charge in [-0.2, -0.15) is 0 Å². The average Bonchev–Trinajstić information content (AvgIpc) is 2.82. The second-order valence-corrected chi connectivity index (χ2v) is 7.53. The average molecular weight is 258 g/mol. The Kier molecular flexibility index (Phi) is 2.97. The fourth-order valence-corrected chi connectivity index (χ4v) is 4.72. The smallest absolute Gasteiger partial charge is 0.0300 e. The van der Waals surface area contributed by atoms with Gasteiger partial charge in [0.25, 0.3) is 0 Å². The number of pyridine rings is 1. The van der Waals surface area contributed by atoms with Crippen molar-refractivity contribution in [3.05, 3.63) is 29.6 Å². The molecule has 0 saturated heterocycles. The molecule has 2 heteroatoms. The van der Waals surface area contributed by atoms with Gasteiger partial charge in [0, 0.05) is 25.0 Å². The standard InChI is InChI=1S/C17H26N2/c1-12-10-18-8-6-13(12)11-19-15-16(2,3)14-5-7-17(15,4)9-14/h6,8,10,14-15,19H,5,7,9,11H2,1-4H3/t14-,15?,17+/m0/s1. The van der Waals surface area contributed by atoms with Crippen molar-refractivity contribution >= 4 is 0 Å². The number of fused-ring (bicyclic) bond motifs is 2. The fourth-order valence-electron chi connectivity index (χ4n) is 4.72. The van der Waals surface area contributed by atoms with E-state index in [0.717, 1.165) is 12.5 Å². The van der Waals surface area contributed by atoms with E-state index in [2.05, 4.69) is 44.1 Å². The summed E-state index contributed by atoms with van der Waals surface area (Å²) in [6.45, 7) is 10.5. The lowest BCUT2D eigenvalue weighted by Crippen LogP contribution is -2.50. The number of hydrogen-bond donors (Lipinski definition) is 1. The maximum atomic E-state index is 4.18. The predicted molar refractivity (Wildman–Crippen MR) is 78.8 cm³/mol. The Morgan fingerprint density at radius 1 is 1.37 bits per heavy atom. The normalized spacial score (nSPS) is 35.8. The molecule has 2 bridgehead atoms. The largest absolute Gasteiger partial charge is 0.309 e. The third-order valence-electron chi connectivity index (χ3n) is 5.90. The lowest BCUT2D eigenvalue weighted by molar-refractivity contribution is 0.108. The minimum atomic E-state index is 0.438. The van der Waals surface area contributed by atoms with Crippen LogP contribution >= 0.6 is 0 Å². The zero-order valence-electron chi connectivity index (χ0n) is 12.7. The molecule has 1 unspecified atom stereocenters. The molecule has 2 aliphatic carbocycles. The first-order valence-electron chi connectivity index (χ1n) is 7.56. The maximum Gasteiger partial charge on any atom is 0.0300 e. The molecular weight excluding hydrogens is 232 g/mol. The van der Waals surface area contributed by atoms with E-state index in [1.807, 2.05) is 12.4 Å². The van der Waals surface area contributed by atoms with Crippen LogP contribution in [-0.2, 0) is 6.54 Å². The lowest BCUT2D eigenvalue weighted by atomic mass is 9.68. The highest BCUT2D eigenvalue weighted by molar-refractivity contribution is 5.22. The van der Waals surface area contributed by atoms with Crippen molar-refractivity contribution in [3.63, 3.8) is 0 Å². The molecule has 2 aliphatic rings. The number of nitrogens with zero attached hydrogens (tertiary/aromatic N) is 1. The summed E-state index contributed by atoms with van der Waals surface area (Å²) in [4.78, 5) is 4.18. The summed E-state index contributed by atoms with van der Waals surface area (Å²) in [5.74, 6) is 0.911. The van der Waals surface area contributed by atoms with Crippen molar-refractivity contribution in [2.24, 2.45) is 16.7 Å². The van der Waals surface area contributed by atoms with Gasteiger partial charge in [0.05, 0.1) is 0 Å². The number of aromatic nitrogens is 1. The van der Waals surface area contributed by atoms with E-state index in [1.165, 1.54) is 30.4 Å². The van der Waals surface area contributed by atoms with Crippen molar-refractivity contribution in [1.29, 1.82) is 0 Å². The summed E-state index contributed by atoms with van der Waals surface area (Å²) in [7, 11) is 0. The minimum Gasteiger partial charge on any atom is -0.309 e. The summed E-state index contributed by atoms with van der Waals surface area (Å²) in [6.07, 6.45) is 8.10. The van der Waals surface area contributed by atoms with Crippen LogP contribution < -0.4 is 5.32 Å². The van der Waals surface area contributed by atoms with Crippen LogP contribution in [0.1, 0.15) is 51.2 Å². The zero-order chi connectivity index (χ0) is 13.7. The van der Waals surface area contributed by atoms with Crippen LogP contribution in [0.3, 0.4) is 0 Å². The van der Waals surface area contributed by atoms with Crippen molar-refractivity contribution in [2.45, 2.75) is 59.5 Å². The van der Waals surface area contributed by atoms with E-state index in [4.69, 9.17) is 0 Å². The topological polar surface area (TPSA) is 24.9 Å². The van der Waals surface area contributed by atoms with Crippen molar-refractivity contribution in [1.82, 2.24) is 10.3 Å². The van der Waals surface area contributed by atoms with Crippen LogP contribution in [0.4, 0.5) is 0 Å². The first kappa shape index (κ1) is 13.1. The minimum absolute atomic E-state index is 0.438.